The highest BCUT2D eigenvalue weighted by molar-refractivity contribution is 5.40. The van der Waals surface area contributed by atoms with E-state index in [1.807, 2.05) is 0 Å². The molecule has 0 saturated heterocycles. The van der Waals surface area contributed by atoms with Crippen molar-refractivity contribution in [2.75, 3.05) is 0 Å². The molecule has 0 aliphatic heterocycles. The molecular formula is C15H15FO3. The van der Waals surface area contributed by atoms with Crippen molar-refractivity contribution in [2.45, 2.75) is 19.6 Å². The van der Waals surface area contributed by atoms with Crippen LogP contribution in [0.4, 0.5) is 4.39 Å². The Balaban J connectivity index is 2.29. The van der Waals surface area contributed by atoms with E-state index in [0.29, 0.717) is 5.75 Å². The van der Waals surface area contributed by atoms with Crippen LogP contribution in [0.15, 0.2) is 42.5 Å². The number of aliphatic hydroxyl groups is 2. The van der Waals surface area contributed by atoms with Gasteiger partial charge in [-0.2, -0.15) is 0 Å². The fourth-order valence-corrected chi connectivity index (χ4v) is 1.80. The van der Waals surface area contributed by atoms with Gasteiger partial charge in [0.1, 0.15) is 17.3 Å². The van der Waals surface area contributed by atoms with E-state index >= 15 is 0 Å². The fourth-order valence-electron chi connectivity index (χ4n) is 1.80. The predicted octanol–water partition coefficient (Wildman–Crippen LogP) is 3.16. The van der Waals surface area contributed by atoms with Gasteiger partial charge in [0.05, 0.1) is 18.3 Å². The van der Waals surface area contributed by atoms with E-state index in [0.717, 1.165) is 5.56 Å². The molecule has 0 heterocycles. The minimum atomic E-state index is -0.951. The third-order valence-corrected chi connectivity index (χ3v) is 2.76. The summed E-state index contributed by atoms with van der Waals surface area (Å²) in [7, 11) is 0. The Morgan fingerprint density at radius 3 is 2.42 bits per heavy atom. The third-order valence-electron chi connectivity index (χ3n) is 2.76. The molecule has 3 nitrogen and oxygen atoms in total. The van der Waals surface area contributed by atoms with Crippen LogP contribution in [0.1, 0.15) is 24.2 Å². The zero-order valence-electron chi connectivity index (χ0n) is 10.5. The molecule has 0 bridgehead atoms. The second-order valence-electron chi connectivity index (χ2n) is 4.23. The normalized spacial score (nSPS) is 12.2. The van der Waals surface area contributed by atoms with E-state index in [1.165, 1.54) is 19.1 Å². The molecule has 100 valence electrons. The van der Waals surface area contributed by atoms with Crippen molar-refractivity contribution in [3.8, 4) is 11.5 Å². The van der Waals surface area contributed by atoms with Gasteiger partial charge in [0.15, 0.2) is 0 Å². The lowest BCUT2D eigenvalue weighted by Gasteiger charge is -2.14. The van der Waals surface area contributed by atoms with Gasteiger partial charge in [-0.3, -0.25) is 0 Å². The van der Waals surface area contributed by atoms with Gasteiger partial charge in [-0.15, -0.1) is 0 Å². The molecule has 0 aromatic heterocycles. The van der Waals surface area contributed by atoms with Gasteiger partial charge in [-0.25, -0.2) is 4.39 Å². The van der Waals surface area contributed by atoms with E-state index in [4.69, 9.17) is 9.84 Å². The summed E-state index contributed by atoms with van der Waals surface area (Å²) in [6.45, 7) is 1.44. The van der Waals surface area contributed by atoms with Crippen LogP contribution in [0.5, 0.6) is 11.5 Å². The van der Waals surface area contributed by atoms with Crippen LogP contribution in [0.2, 0.25) is 0 Å². The number of rotatable bonds is 4. The molecule has 0 amide bonds. The molecule has 0 unspecified atom stereocenters. The highest BCUT2D eigenvalue weighted by Gasteiger charge is 2.15. The Hall–Kier alpha value is -1.91. The lowest BCUT2D eigenvalue weighted by molar-refractivity contribution is 0.190. The Kier molecular flexibility index (Phi) is 4.14. The summed E-state index contributed by atoms with van der Waals surface area (Å²) in [6.07, 6.45) is -0.951. The van der Waals surface area contributed by atoms with Gasteiger partial charge in [0.25, 0.3) is 0 Å². The van der Waals surface area contributed by atoms with E-state index in [9.17, 15) is 9.50 Å². The molecule has 0 spiro atoms. The summed E-state index contributed by atoms with van der Waals surface area (Å²) >= 11 is 0. The number of ether oxygens (including phenoxy) is 1. The zero-order chi connectivity index (χ0) is 13.8. The maximum absolute atomic E-state index is 13.6. The van der Waals surface area contributed by atoms with Crippen LogP contribution in [-0.2, 0) is 6.61 Å². The smallest absolute Gasteiger partial charge is 0.136 e. The molecule has 0 fully saturated rings. The van der Waals surface area contributed by atoms with Crippen LogP contribution in [0, 0.1) is 5.82 Å². The summed E-state index contributed by atoms with van der Waals surface area (Å²) in [5.41, 5.74) is 0.899. The zero-order valence-corrected chi connectivity index (χ0v) is 10.5. The molecule has 2 N–H and O–H groups in total. The van der Waals surface area contributed by atoms with Gasteiger partial charge < -0.3 is 14.9 Å². The molecule has 2 aromatic rings. The molecule has 0 radical (unpaired) electrons. The van der Waals surface area contributed by atoms with Gasteiger partial charge in [0.2, 0.25) is 0 Å². The summed E-state index contributed by atoms with van der Waals surface area (Å²) in [4.78, 5) is 0. The molecule has 0 aliphatic rings. The lowest BCUT2D eigenvalue weighted by Crippen LogP contribution is -1.99. The molecule has 4 heteroatoms. The summed E-state index contributed by atoms with van der Waals surface area (Å²) in [5, 5.41) is 18.5. The summed E-state index contributed by atoms with van der Waals surface area (Å²) < 4.78 is 19.2. The van der Waals surface area contributed by atoms with Crippen molar-refractivity contribution in [3.05, 3.63) is 59.4 Å². The van der Waals surface area contributed by atoms with E-state index in [1.54, 1.807) is 30.3 Å². The van der Waals surface area contributed by atoms with Crippen molar-refractivity contribution < 1.29 is 19.3 Å². The highest BCUT2D eigenvalue weighted by atomic mass is 19.1. The van der Waals surface area contributed by atoms with Crippen molar-refractivity contribution in [1.82, 2.24) is 0 Å². The van der Waals surface area contributed by atoms with E-state index in [-0.39, 0.29) is 17.9 Å². The Morgan fingerprint density at radius 1 is 1.16 bits per heavy atom. The predicted molar refractivity (Wildman–Crippen MR) is 69.5 cm³/mol. The first-order valence-electron chi connectivity index (χ1n) is 5.96. The first kappa shape index (κ1) is 13.5. The average molecular weight is 262 g/mol. The number of halogens is 1. The quantitative estimate of drug-likeness (QED) is 0.889. The largest absolute Gasteiger partial charge is 0.457 e. The fraction of sp³-hybridized carbons (Fsp3) is 0.200. The molecule has 2 rings (SSSR count). The molecular weight excluding hydrogens is 247 g/mol. The number of aliphatic hydroxyl groups excluding tert-OH is 2. The second kappa shape index (κ2) is 5.82. The minimum absolute atomic E-state index is 0.0425. The van der Waals surface area contributed by atoms with Crippen LogP contribution in [-0.4, -0.2) is 10.2 Å². The summed E-state index contributed by atoms with van der Waals surface area (Å²) in [6, 6.07) is 11.2. The van der Waals surface area contributed by atoms with E-state index < -0.39 is 11.9 Å². The Labute approximate surface area is 110 Å². The van der Waals surface area contributed by atoms with Crippen molar-refractivity contribution >= 4 is 0 Å². The first-order valence-corrected chi connectivity index (χ1v) is 5.96. The topological polar surface area (TPSA) is 49.7 Å². The van der Waals surface area contributed by atoms with Crippen LogP contribution in [0.25, 0.3) is 0 Å². The standard InChI is InChI=1S/C15H15FO3/c1-10(18)15-13(16)3-2-4-14(15)19-12-7-5-11(9-17)6-8-12/h2-8,10,17-18H,9H2,1H3/t10-/m0/s1. The number of benzene rings is 2. The van der Waals surface area contributed by atoms with Crippen molar-refractivity contribution in [2.24, 2.45) is 0 Å². The summed E-state index contributed by atoms with van der Waals surface area (Å²) in [5.74, 6) is 0.302. The second-order valence-corrected chi connectivity index (χ2v) is 4.23. The minimum Gasteiger partial charge on any atom is -0.457 e. The number of hydrogen-bond donors (Lipinski definition) is 2. The first-order chi connectivity index (χ1) is 9.11. The third kappa shape index (κ3) is 3.10. The van der Waals surface area contributed by atoms with Crippen molar-refractivity contribution in [3.63, 3.8) is 0 Å². The SMILES string of the molecule is C[C@H](O)c1c(F)cccc1Oc1ccc(CO)cc1. The van der Waals surface area contributed by atoms with Gasteiger partial charge in [-0.05, 0) is 36.8 Å². The molecule has 0 aliphatic carbocycles. The molecule has 19 heavy (non-hydrogen) atoms. The maximum Gasteiger partial charge on any atom is 0.136 e. The lowest BCUT2D eigenvalue weighted by atomic mass is 10.1. The van der Waals surface area contributed by atoms with E-state index in [2.05, 4.69) is 0 Å². The van der Waals surface area contributed by atoms with Crippen LogP contribution >= 0.6 is 0 Å². The average Bonchev–Trinajstić information content (AvgIpc) is 2.39. The highest BCUT2D eigenvalue weighted by Crippen LogP contribution is 2.31. The van der Waals surface area contributed by atoms with Gasteiger partial charge in [0, 0.05) is 0 Å². The van der Waals surface area contributed by atoms with Crippen LogP contribution in [0.3, 0.4) is 0 Å². The Morgan fingerprint density at radius 2 is 1.84 bits per heavy atom. The molecule has 0 saturated carbocycles. The monoisotopic (exact) mass is 262 g/mol. The number of hydrogen-bond acceptors (Lipinski definition) is 3. The maximum atomic E-state index is 13.6. The van der Waals surface area contributed by atoms with Gasteiger partial charge >= 0.3 is 0 Å². The molecule has 2 aromatic carbocycles. The van der Waals surface area contributed by atoms with Crippen molar-refractivity contribution in [1.29, 1.82) is 0 Å². The van der Waals surface area contributed by atoms with Gasteiger partial charge in [-0.1, -0.05) is 18.2 Å². The molecule has 1 atom stereocenters. The Bertz CT molecular complexity index is 550. The van der Waals surface area contributed by atoms with Crippen LogP contribution < -0.4 is 4.74 Å².